The van der Waals surface area contributed by atoms with Gasteiger partial charge in [-0.1, -0.05) is 58.9 Å². The lowest BCUT2D eigenvalue weighted by Crippen LogP contribution is -2.53. The third-order valence-electron chi connectivity index (χ3n) is 11.1. The van der Waals surface area contributed by atoms with Crippen LogP contribution in [0, 0.1) is 0 Å². The lowest BCUT2D eigenvalue weighted by Gasteiger charge is -2.43. The van der Waals surface area contributed by atoms with Crippen LogP contribution in [0.3, 0.4) is 0 Å². The first-order chi connectivity index (χ1) is 25.2. The number of hydrogen-bond acceptors (Lipinski definition) is 9. The zero-order valence-electron chi connectivity index (χ0n) is 32.8. The van der Waals surface area contributed by atoms with E-state index in [1.54, 1.807) is 6.07 Å². The van der Waals surface area contributed by atoms with Crippen molar-refractivity contribution in [3.8, 4) is 5.75 Å². The number of benzene rings is 1. The molecule has 1 aromatic carbocycles. The summed E-state index contributed by atoms with van der Waals surface area (Å²) in [6.07, 6.45) is 6.22. The predicted octanol–water partition coefficient (Wildman–Crippen LogP) is 7.49. The first-order valence-corrected chi connectivity index (χ1v) is 19.3. The van der Waals surface area contributed by atoms with E-state index in [9.17, 15) is 9.59 Å². The van der Waals surface area contributed by atoms with Gasteiger partial charge in [-0.15, -0.1) is 10.2 Å². The van der Waals surface area contributed by atoms with E-state index in [1.807, 2.05) is 61.7 Å². The SMILES string of the molecule is CCC(CC)c1nnc2ccc(O[C@@H]3CC[C@H](NC(=O)Nc4cc(C(C)(C)C)nc(C(=O)CCC(C)(C)N5CCN(C)CC5)n4)c4ccccc43)cn12. The van der Waals surface area contributed by atoms with Gasteiger partial charge in [-0.05, 0) is 76.3 Å². The maximum absolute atomic E-state index is 13.6. The van der Waals surface area contributed by atoms with E-state index in [0.29, 0.717) is 43.1 Å². The third-order valence-corrected chi connectivity index (χ3v) is 11.1. The van der Waals surface area contributed by atoms with Crippen LogP contribution < -0.4 is 15.4 Å². The molecule has 2 amide bonds. The average molecular weight is 724 g/mol. The number of nitrogens with one attached hydrogen (secondary N) is 2. The summed E-state index contributed by atoms with van der Waals surface area (Å²) in [4.78, 5) is 41.2. The minimum atomic E-state index is -0.385. The van der Waals surface area contributed by atoms with Crippen LogP contribution in [-0.2, 0) is 5.41 Å². The Morgan fingerprint density at radius 2 is 1.64 bits per heavy atom. The minimum Gasteiger partial charge on any atom is -0.484 e. The van der Waals surface area contributed by atoms with Crippen molar-refractivity contribution in [1.82, 2.24) is 39.7 Å². The van der Waals surface area contributed by atoms with Gasteiger partial charge >= 0.3 is 6.03 Å². The van der Waals surface area contributed by atoms with Gasteiger partial charge in [-0.3, -0.25) is 19.4 Å². The molecular weight excluding hydrogens is 667 g/mol. The fourth-order valence-electron chi connectivity index (χ4n) is 7.51. The summed E-state index contributed by atoms with van der Waals surface area (Å²) in [6, 6.07) is 13.2. The molecule has 0 unspecified atom stereocenters. The van der Waals surface area contributed by atoms with Crippen LogP contribution in [0.5, 0.6) is 5.75 Å². The number of hydrogen-bond donors (Lipinski definition) is 2. The first-order valence-electron chi connectivity index (χ1n) is 19.3. The highest BCUT2D eigenvalue weighted by Gasteiger charge is 2.32. The second-order valence-corrected chi connectivity index (χ2v) is 16.4. The summed E-state index contributed by atoms with van der Waals surface area (Å²) in [5.41, 5.74) is 3.08. The number of Topliss-reactive ketones (excluding diaryl/α,β-unsaturated/α-hetero) is 1. The van der Waals surface area contributed by atoms with Gasteiger partial charge in [0.1, 0.15) is 23.5 Å². The molecule has 1 aliphatic carbocycles. The number of urea groups is 1. The Morgan fingerprint density at radius 1 is 0.925 bits per heavy atom. The van der Waals surface area contributed by atoms with Crippen LogP contribution in [0.25, 0.3) is 5.65 Å². The number of aromatic nitrogens is 5. The number of amides is 2. The summed E-state index contributed by atoms with van der Waals surface area (Å²) in [5, 5.41) is 15.0. The number of fused-ring (bicyclic) bond motifs is 2. The fourth-order valence-corrected chi connectivity index (χ4v) is 7.51. The molecule has 1 saturated heterocycles. The molecule has 53 heavy (non-hydrogen) atoms. The summed E-state index contributed by atoms with van der Waals surface area (Å²) in [7, 11) is 2.14. The number of carbonyl (C=O) groups is 2. The molecule has 1 aliphatic heterocycles. The van der Waals surface area contributed by atoms with Crippen molar-refractivity contribution in [2.24, 2.45) is 0 Å². The topological polar surface area (TPSA) is 130 Å². The highest BCUT2D eigenvalue weighted by molar-refractivity contribution is 5.94. The van der Waals surface area contributed by atoms with Crippen molar-refractivity contribution in [1.29, 1.82) is 0 Å². The van der Waals surface area contributed by atoms with Gasteiger partial charge < -0.3 is 15.0 Å². The summed E-state index contributed by atoms with van der Waals surface area (Å²) in [5.74, 6) is 2.36. The average Bonchev–Trinajstić information content (AvgIpc) is 3.55. The first kappa shape index (κ1) is 38.3. The van der Waals surface area contributed by atoms with Gasteiger partial charge in [0.25, 0.3) is 0 Å². The molecular formula is C41H57N9O3. The van der Waals surface area contributed by atoms with Crippen LogP contribution in [-0.4, -0.2) is 84.9 Å². The van der Waals surface area contributed by atoms with Crippen LogP contribution in [0.2, 0.25) is 0 Å². The maximum atomic E-state index is 13.6. The molecule has 6 rings (SSSR count). The Balaban J connectivity index is 1.14. The molecule has 2 N–H and O–H groups in total. The van der Waals surface area contributed by atoms with Crippen molar-refractivity contribution < 1.29 is 14.3 Å². The largest absolute Gasteiger partial charge is 0.484 e. The number of ketones is 1. The number of pyridine rings is 1. The van der Waals surface area contributed by atoms with Crippen molar-refractivity contribution in [3.05, 3.63) is 77.1 Å². The van der Waals surface area contributed by atoms with Crippen molar-refractivity contribution in [3.63, 3.8) is 0 Å². The number of rotatable bonds is 12. The van der Waals surface area contributed by atoms with Gasteiger partial charge in [0.05, 0.1) is 17.9 Å². The number of carbonyl (C=O) groups excluding carboxylic acids is 2. The van der Waals surface area contributed by atoms with E-state index in [0.717, 1.165) is 67.4 Å². The Hall–Kier alpha value is -4.42. The van der Waals surface area contributed by atoms with Crippen LogP contribution in [0.4, 0.5) is 10.6 Å². The van der Waals surface area contributed by atoms with E-state index in [2.05, 4.69) is 81.4 Å². The van der Waals surface area contributed by atoms with Gasteiger partial charge in [-0.25, -0.2) is 14.8 Å². The maximum Gasteiger partial charge on any atom is 0.320 e. The van der Waals surface area contributed by atoms with E-state index in [-0.39, 0.29) is 40.7 Å². The lowest BCUT2D eigenvalue weighted by atomic mass is 9.85. The van der Waals surface area contributed by atoms with Crippen LogP contribution in [0.1, 0.15) is 138 Å². The van der Waals surface area contributed by atoms with Crippen LogP contribution in [0.15, 0.2) is 48.7 Å². The molecule has 3 aromatic heterocycles. The van der Waals surface area contributed by atoms with E-state index in [4.69, 9.17) is 4.74 Å². The van der Waals surface area contributed by atoms with Gasteiger partial charge in [0.2, 0.25) is 0 Å². The minimum absolute atomic E-state index is 0.121. The van der Waals surface area contributed by atoms with Gasteiger partial charge in [-0.2, -0.15) is 0 Å². The van der Waals surface area contributed by atoms with E-state index >= 15 is 0 Å². The number of anilines is 1. The molecule has 1 fully saturated rings. The number of ether oxygens (including phenoxy) is 1. The number of piperazine rings is 1. The Bertz CT molecular complexity index is 1900. The van der Waals surface area contributed by atoms with Crippen molar-refractivity contribution in [2.45, 2.75) is 116 Å². The van der Waals surface area contributed by atoms with Crippen LogP contribution >= 0.6 is 0 Å². The Morgan fingerprint density at radius 3 is 2.34 bits per heavy atom. The second kappa shape index (κ2) is 15.9. The fraction of sp³-hybridized carbons (Fsp3) is 0.561. The smallest absolute Gasteiger partial charge is 0.320 e. The zero-order valence-corrected chi connectivity index (χ0v) is 32.8. The third kappa shape index (κ3) is 8.87. The van der Waals surface area contributed by atoms with E-state index < -0.39 is 0 Å². The molecule has 12 nitrogen and oxygen atoms in total. The van der Waals surface area contributed by atoms with Crippen molar-refractivity contribution >= 4 is 23.3 Å². The molecule has 0 bridgehead atoms. The molecule has 4 aromatic rings. The Kier molecular flexibility index (Phi) is 11.5. The normalized spacial score (nSPS) is 18.6. The van der Waals surface area contributed by atoms with Gasteiger partial charge in [0.15, 0.2) is 17.3 Å². The van der Waals surface area contributed by atoms with Gasteiger partial charge in [0, 0.05) is 55.5 Å². The highest BCUT2D eigenvalue weighted by Crippen LogP contribution is 2.39. The second-order valence-electron chi connectivity index (χ2n) is 16.4. The zero-order chi connectivity index (χ0) is 37.9. The number of likely N-dealkylation sites (N-methyl/N-ethyl adjacent to an activating group) is 1. The molecule has 284 valence electrons. The predicted molar refractivity (Wildman–Crippen MR) is 208 cm³/mol. The number of nitrogens with zero attached hydrogens (tertiary/aromatic N) is 7. The quantitative estimate of drug-likeness (QED) is 0.143. The highest BCUT2D eigenvalue weighted by atomic mass is 16.5. The van der Waals surface area contributed by atoms with E-state index in [1.165, 1.54) is 0 Å². The summed E-state index contributed by atoms with van der Waals surface area (Å²) >= 11 is 0. The van der Waals surface area contributed by atoms with Crippen molar-refractivity contribution in [2.75, 3.05) is 38.5 Å². The lowest BCUT2D eigenvalue weighted by molar-refractivity contribution is 0.0535. The standard InChI is InChI=1S/C41H57N9O3/c1-9-27(10-2)38-47-46-36-18-15-28(26-50(36)38)53-33-17-16-31(29-13-11-12-14-30(29)33)42-39(52)45-35-25-34(40(3,4)5)43-37(44-35)32(51)19-20-41(6,7)49-23-21-48(8)22-24-49/h11-15,18,25-27,31,33H,9-10,16-17,19-24H2,1-8H3,(H2,42,43,44,45,52)/t31-,33+/m0/s1. The Labute approximate surface area is 314 Å². The summed E-state index contributed by atoms with van der Waals surface area (Å²) < 4.78 is 8.66. The molecule has 0 radical (unpaired) electrons. The molecule has 0 saturated carbocycles. The molecule has 0 spiro atoms. The molecule has 12 heteroatoms. The molecule has 2 atom stereocenters. The molecule has 2 aliphatic rings. The summed E-state index contributed by atoms with van der Waals surface area (Å²) in [6.45, 7) is 18.9. The molecule has 4 heterocycles. The monoisotopic (exact) mass is 723 g/mol.